The highest BCUT2D eigenvalue weighted by molar-refractivity contribution is 9.10. The first-order valence-electron chi connectivity index (χ1n) is 7.09. The third kappa shape index (κ3) is 3.43. The molecule has 0 N–H and O–H groups in total. The van der Waals surface area contributed by atoms with Gasteiger partial charge in [0.2, 0.25) is 5.90 Å². The van der Waals surface area contributed by atoms with Gasteiger partial charge in [-0.05, 0) is 30.3 Å². The molecule has 25 heavy (non-hydrogen) atoms. The summed E-state index contributed by atoms with van der Waals surface area (Å²) in [7, 11) is 1.49. The van der Waals surface area contributed by atoms with Crippen molar-refractivity contribution in [1.29, 1.82) is 0 Å². The molecule has 3 rings (SSSR count). The Bertz CT molecular complexity index is 936. The quantitative estimate of drug-likeness (QED) is 0.336. The van der Waals surface area contributed by atoms with E-state index in [4.69, 9.17) is 9.47 Å². The molecule has 2 aromatic rings. The van der Waals surface area contributed by atoms with Gasteiger partial charge in [0.25, 0.3) is 5.69 Å². The van der Waals surface area contributed by atoms with Crippen LogP contribution in [0.2, 0.25) is 0 Å². The molecule has 1 aliphatic rings. The molecule has 2 aromatic carbocycles. The molecular formula is C17H11BrN2O5. The Morgan fingerprint density at radius 1 is 1.28 bits per heavy atom. The Balaban J connectivity index is 2.05. The van der Waals surface area contributed by atoms with Gasteiger partial charge in [-0.3, -0.25) is 10.1 Å². The number of nitro groups is 1. The zero-order valence-corrected chi connectivity index (χ0v) is 14.5. The van der Waals surface area contributed by atoms with E-state index >= 15 is 0 Å². The topological polar surface area (TPSA) is 91.0 Å². The van der Waals surface area contributed by atoms with Gasteiger partial charge in [0, 0.05) is 10.5 Å². The third-order valence-corrected chi connectivity index (χ3v) is 3.93. The Morgan fingerprint density at radius 3 is 2.76 bits per heavy atom. The highest BCUT2D eigenvalue weighted by Gasteiger charge is 2.27. The number of benzene rings is 2. The highest BCUT2D eigenvalue weighted by Crippen LogP contribution is 2.29. The van der Waals surface area contributed by atoms with E-state index < -0.39 is 10.9 Å². The van der Waals surface area contributed by atoms with E-state index in [1.54, 1.807) is 30.3 Å². The molecule has 0 unspecified atom stereocenters. The van der Waals surface area contributed by atoms with Crippen LogP contribution in [0.25, 0.3) is 6.08 Å². The number of para-hydroxylation sites is 1. The summed E-state index contributed by atoms with van der Waals surface area (Å²) in [5.74, 6) is -0.121. The Morgan fingerprint density at radius 2 is 2.04 bits per heavy atom. The number of aliphatic imine (C=N–C) groups is 1. The Hall–Kier alpha value is -3.00. The summed E-state index contributed by atoms with van der Waals surface area (Å²) in [6, 6.07) is 11.3. The van der Waals surface area contributed by atoms with Crippen LogP contribution >= 0.6 is 15.9 Å². The van der Waals surface area contributed by atoms with Gasteiger partial charge in [0.05, 0.1) is 23.2 Å². The molecular weight excluding hydrogens is 392 g/mol. The van der Waals surface area contributed by atoms with Crippen molar-refractivity contribution in [2.45, 2.75) is 0 Å². The minimum atomic E-state index is -0.685. The molecule has 1 heterocycles. The van der Waals surface area contributed by atoms with Crippen LogP contribution < -0.4 is 4.74 Å². The van der Waals surface area contributed by atoms with Crippen LogP contribution in [0, 0.1) is 10.1 Å². The summed E-state index contributed by atoms with van der Waals surface area (Å²) in [5.41, 5.74) is 0.625. The number of hydrogen-bond acceptors (Lipinski definition) is 6. The van der Waals surface area contributed by atoms with Crippen LogP contribution in [0.15, 0.2) is 57.6 Å². The van der Waals surface area contributed by atoms with Crippen LogP contribution in [0.4, 0.5) is 5.69 Å². The first kappa shape index (κ1) is 16.8. The number of rotatable bonds is 4. The lowest BCUT2D eigenvalue weighted by Crippen LogP contribution is -2.07. The molecule has 0 spiro atoms. The number of carbonyl (C=O) groups is 1. The molecule has 126 valence electrons. The molecule has 0 amide bonds. The predicted octanol–water partition coefficient (Wildman–Crippen LogP) is 3.71. The summed E-state index contributed by atoms with van der Waals surface area (Å²) >= 11 is 3.34. The monoisotopic (exact) mass is 402 g/mol. The van der Waals surface area contributed by atoms with Crippen LogP contribution in [0.5, 0.6) is 5.75 Å². The molecule has 0 saturated carbocycles. The first-order chi connectivity index (χ1) is 12.0. The number of nitrogens with zero attached hydrogens (tertiary/aromatic N) is 2. The van der Waals surface area contributed by atoms with Crippen LogP contribution in [0.1, 0.15) is 11.1 Å². The van der Waals surface area contributed by atoms with Crippen molar-refractivity contribution in [1.82, 2.24) is 0 Å². The number of esters is 1. The van der Waals surface area contributed by atoms with Crippen LogP contribution in [-0.4, -0.2) is 23.9 Å². The second kappa shape index (κ2) is 6.86. The molecule has 1 aliphatic heterocycles. The molecule has 7 nitrogen and oxygen atoms in total. The maximum absolute atomic E-state index is 12.1. The second-order valence-electron chi connectivity index (χ2n) is 5.00. The fraction of sp³-hybridized carbons (Fsp3) is 0.0588. The minimum absolute atomic E-state index is 0.0219. The molecule has 0 saturated heterocycles. The van der Waals surface area contributed by atoms with Gasteiger partial charge in [-0.25, -0.2) is 9.79 Å². The number of hydrogen-bond donors (Lipinski definition) is 0. The summed E-state index contributed by atoms with van der Waals surface area (Å²) < 4.78 is 11.2. The van der Waals surface area contributed by atoms with Crippen molar-refractivity contribution in [3.05, 3.63) is 73.9 Å². The van der Waals surface area contributed by atoms with E-state index in [1.807, 2.05) is 0 Å². The molecule has 0 fully saturated rings. The fourth-order valence-corrected chi connectivity index (χ4v) is 2.66. The average molecular weight is 403 g/mol. The van der Waals surface area contributed by atoms with Crippen molar-refractivity contribution in [2.24, 2.45) is 4.99 Å². The standard InChI is InChI=1S/C17H11BrN2O5/c1-24-15-7-6-11(18)9-12(15)16-19-13(17(21)25-16)8-10-4-2-3-5-14(10)20(22)23/h2-9H,1H3/b13-8-. The predicted molar refractivity (Wildman–Crippen MR) is 94.4 cm³/mol. The van der Waals surface area contributed by atoms with Crippen molar-refractivity contribution in [3.8, 4) is 5.75 Å². The third-order valence-electron chi connectivity index (χ3n) is 3.44. The fourth-order valence-electron chi connectivity index (χ4n) is 2.29. The Kier molecular flexibility index (Phi) is 4.62. The molecule has 0 radical (unpaired) electrons. The van der Waals surface area contributed by atoms with Gasteiger partial charge in [-0.1, -0.05) is 28.1 Å². The average Bonchev–Trinajstić information content (AvgIpc) is 2.96. The normalized spacial score (nSPS) is 15.0. The van der Waals surface area contributed by atoms with E-state index in [0.29, 0.717) is 11.3 Å². The number of carbonyl (C=O) groups excluding carboxylic acids is 1. The first-order valence-corrected chi connectivity index (χ1v) is 7.89. The second-order valence-corrected chi connectivity index (χ2v) is 5.91. The van der Waals surface area contributed by atoms with Crippen LogP contribution in [-0.2, 0) is 9.53 Å². The molecule has 0 bridgehead atoms. The zero-order chi connectivity index (χ0) is 18.0. The number of nitro benzene ring substituents is 1. The van der Waals surface area contributed by atoms with Gasteiger partial charge in [0.1, 0.15) is 5.75 Å². The van der Waals surface area contributed by atoms with Gasteiger partial charge in [-0.2, -0.15) is 0 Å². The lowest BCUT2D eigenvalue weighted by molar-refractivity contribution is -0.385. The van der Waals surface area contributed by atoms with E-state index in [9.17, 15) is 14.9 Å². The van der Waals surface area contributed by atoms with E-state index in [-0.39, 0.29) is 22.8 Å². The molecule has 0 aromatic heterocycles. The van der Waals surface area contributed by atoms with E-state index in [0.717, 1.165) is 4.47 Å². The van der Waals surface area contributed by atoms with Crippen molar-refractivity contribution in [2.75, 3.05) is 7.11 Å². The lowest BCUT2D eigenvalue weighted by atomic mass is 10.1. The minimum Gasteiger partial charge on any atom is -0.496 e. The van der Waals surface area contributed by atoms with Gasteiger partial charge >= 0.3 is 5.97 Å². The lowest BCUT2D eigenvalue weighted by Gasteiger charge is -2.07. The summed E-state index contributed by atoms with van der Waals surface area (Å²) in [6.07, 6.45) is 1.33. The van der Waals surface area contributed by atoms with Crippen molar-refractivity contribution >= 4 is 39.6 Å². The SMILES string of the molecule is COc1ccc(Br)cc1C1=N/C(=C\c2ccccc2[N+](=O)[O-])C(=O)O1. The number of halogens is 1. The summed E-state index contributed by atoms with van der Waals surface area (Å²) in [4.78, 5) is 26.8. The van der Waals surface area contributed by atoms with Crippen molar-refractivity contribution < 1.29 is 19.2 Å². The van der Waals surface area contributed by atoms with Gasteiger partial charge in [0.15, 0.2) is 5.70 Å². The number of ether oxygens (including phenoxy) is 2. The summed E-state index contributed by atoms with van der Waals surface area (Å²) in [5, 5.41) is 11.1. The molecule has 0 atom stereocenters. The zero-order valence-electron chi connectivity index (χ0n) is 12.9. The summed E-state index contributed by atoms with van der Waals surface area (Å²) in [6.45, 7) is 0. The highest BCUT2D eigenvalue weighted by atomic mass is 79.9. The van der Waals surface area contributed by atoms with Crippen molar-refractivity contribution in [3.63, 3.8) is 0 Å². The largest absolute Gasteiger partial charge is 0.496 e. The maximum Gasteiger partial charge on any atom is 0.363 e. The number of cyclic esters (lactones) is 1. The number of methoxy groups -OCH3 is 1. The molecule has 8 heteroatoms. The molecule has 0 aliphatic carbocycles. The maximum atomic E-state index is 12.1. The van der Waals surface area contributed by atoms with E-state index in [1.165, 1.54) is 25.3 Å². The smallest absolute Gasteiger partial charge is 0.363 e. The van der Waals surface area contributed by atoms with Crippen LogP contribution in [0.3, 0.4) is 0 Å². The van der Waals surface area contributed by atoms with Gasteiger partial charge in [-0.15, -0.1) is 0 Å². The van der Waals surface area contributed by atoms with Gasteiger partial charge < -0.3 is 9.47 Å². The van der Waals surface area contributed by atoms with E-state index in [2.05, 4.69) is 20.9 Å². The Labute approximate surface area is 150 Å².